The summed E-state index contributed by atoms with van der Waals surface area (Å²) in [6.45, 7) is 11.9. The third kappa shape index (κ3) is 4.03. The van der Waals surface area contributed by atoms with Crippen molar-refractivity contribution < 1.29 is 24.5 Å². The number of carbonyl (C=O) groups is 1. The Balaban J connectivity index is 1.62. The molecule has 0 aliphatic heterocycles. The summed E-state index contributed by atoms with van der Waals surface area (Å²) in [5, 5.41) is 21.1. The Kier molecular flexibility index (Phi) is 7.32. The maximum atomic E-state index is 12.5. The Bertz CT molecular complexity index is 844. The number of fused-ring (bicyclic) bond motifs is 4. The van der Waals surface area contributed by atoms with E-state index in [4.69, 9.17) is 9.47 Å². The number of ether oxygens (including phenoxy) is 2. The van der Waals surface area contributed by atoms with E-state index in [9.17, 15) is 15.0 Å². The summed E-state index contributed by atoms with van der Waals surface area (Å²) < 4.78 is 10.7. The van der Waals surface area contributed by atoms with Gasteiger partial charge in [-0.2, -0.15) is 0 Å². The van der Waals surface area contributed by atoms with Crippen LogP contribution >= 0.6 is 0 Å². The molecular weight excluding hydrogens is 440 g/mol. The molecule has 2 N–H and O–H groups in total. The Morgan fingerprint density at radius 1 is 0.943 bits per heavy atom. The van der Waals surface area contributed by atoms with E-state index in [-0.39, 0.29) is 45.9 Å². The van der Waals surface area contributed by atoms with Crippen LogP contribution in [0.3, 0.4) is 0 Å². The summed E-state index contributed by atoms with van der Waals surface area (Å²) in [4.78, 5) is 12.5. The average Bonchev–Trinajstić information content (AvgIpc) is 3.08. The van der Waals surface area contributed by atoms with Crippen molar-refractivity contribution in [3.8, 4) is 0 Å². The first-order valence-electron chi connectivity index (χ1n) is 14.1. The van der Waals surface area contributed by atoms with Crippen molar-refractivity contribution in [1.29, 1.82) is 0 Å². The van der Waals surface area contributed by atoms with Crippen LogP contribution in [0.25, 0.3) is 0 Å². The van der Waals surface area contributed by atoms with Gasteiger partial charge in [0.25, 0.3) is 0 Å². The lowest BCUT2D eigenvalue weighted by molar-refractivity contribution is -0.147. The van der Waals surface area contributed by atoms with E-state index >= 15 is 0 Å². The van der Waals surface area contributed by atoms with Gasteiger partial charge in [0.05, 0.1) is 12.0 Å². The molecule has 4 aliphatic carbocycles. The number of carboxylic acid groups (broad SMARTS) is 1. The van der Waals surface area contributed by atoms with Crippen LogP contribution in [0.5, 0.6) is 0 Å². The van der Waals surface area contributed by atoms with Gasteiger partial charge in [0, 0.05) is 14.2 Å². The van der Waals surface area contributed by atoms with Crippen molar-refractivity contribution in [3.05, 3.63) is 11.1 Å². The number of aliphatic carboxylic acids is 1. The van der Waals surface area contributed by atoms with Gasteiger partial charge in [-0.15, -0.1) is 0 Å². The highest BCUT2D eigenvalue weighted by molar-refractivity contribution is 5.70. The molecule has 5 nitrogen and oxygen atoms in total. The van der Waals surface area contributed by atoms with Crippen molar-refractivity contribution in [2.75, 3.05) is 14.2 Å². The predicted molar refractivity (Wildman–Crippen MR) is 138 cm³/mol. The number of carboxylic acids is 1. The number of aliphatic hydroxyl groups is 1. The monoisotopic (exact) mass is 490 g/mol. The standard InChI is InChI=1S/C30H50O5/c1-27(2)23-12-11-22-21(28(23,3)16-15-24(27)31)14-18-29(4)20(13-17-30(22,29)5)19(26(32)33)9-8-10-25(34-6)35-7/h19-20,23-25,31H,8-18H2,1-7H3,(H,32,33). The van der Waals surface area contributed by atoms with Gasteiger partial charge in [0.1, 0.15) is 0 Å². The lowest BCUT2D eigenvalue weighted by atomic mass is 9.43. The summed E-state index contributed by atoms with van der Waals surface area (Å²) in [5.74, 6) is -0.221. The van der Waals surface area contributed by atoms with Gasteiger partial charge >= 0.3 is 5.97 Å². The minimum absolute atomic E-state index is 0.0176. The molecule has 200 valence electrons. The lowest BCUT2D eigenvalue weighted by Gasteiger charge is -2.62. The molecule has 35 heavy (non-hydrogen) atoms. The van der Waals surface area contributed by atoms with Gasteiger partial charge in [-0.3, -0.25) is 4.79 Å². The van der Waals surface area contributed by atoms with Crippen LogP contribution in [0, 0.1) is 39.4 Å². The van der Waals surface area contributed by atoms with E-state index < -0.39 is 5.97 Å². The molecule has 7 atom stereocenters. The van der Waals surface area contributed by atoms with Crippen LogP contribution in [0.1, 0.15) is 105 Å². The van der Waals surface area contributed by atoms with Crippen molar-refractivity contribution in [2.24, 2.45) is 39.4 Å². The first-order chi connectivity index (χ1) is 16.4. The summed E-state index contributed by atoms with van der Waals surface area (Å²) in [6.07, 6.45) is 10.3. The van der Waals surface area contributed by atoms with Gasteiger partial charge in [-0.25, -0.2) is 0 Å². The number of hydrogen-bond donors (Lipinski definition) is 2. The van der Waals surface area contributed by atoms with Crippen LogP contribution in [-0.4, -0.2) is 42.8 Å². The Labute approximate surface area is 213 Å². The Morgan fingerprint density at radius 2 is 1.63 bits per heavy atom. The fraction of sp³-hybridized carbons (Fsp3) is 0.900. The molecule has 0 aromatic carbocycles. The molecule has 0 radical (unpaired) electrons. The highest BCUT2D eigenvalue weighted by Gasteiger charge is 2.64. The summed E-state index contributed by atoms with van der Waals surface area (Å²) in [6, 6.07) is 0. The van der Waals surface area contributed by atoms with E-state index in [1.165, 1.54) is 0 Å². The van der Waals surface area contributed by atoms with Crippen molar-refractivity contribution in [3.63, 3.8) is 0 Å². The molecule has 0 spiro atoms. The third-order valence-corrected chi connectivity index (χ3v) is 12.1. The zero-order chi connectivity index (χ0) is 25.8. The van der Waals surface area contributed by atoms with Crippen LogP contribution in [-0.2, 0) is 14.3 Å². The molecule has 0 saturated heterocycles. The van der Waals surface area contributed by atoms with Gasteiger partial charge in [0.15, 0.2) is 6.29 Å². The normalized spacial score (nSPS) is 41.3. The number of aliphatic hydroxyl groups excluding tert-OH is 1. The molecule has 0 bridgehead atoms. The number of hydrogen-bond acceptors (Lipinski definition) is 4. The van der Waals surface area contributed by atoms with Crippen molar-refractivity contribution in [1.82, 2.24) is 0 Å². The Morgan fingerprint density at radius 3 is 2.26 bits per heavy atom. The SMILES string of the molecule is COC(CCCC(C(=O)O)C1CCC2(C)C3=C(CCC12C)C1(C)CCC(O)C(C)(C)C1CC3)OC. The van der Waals surface area contributed by atoms with E-state index in [0.717, 1.165) is 64.2 Å². The maximum Gasteiger partial charge on any atom is 0.306 e. The fourth-order valence-corrected chi connectivity index (χ4v) is 9.69. The van der Waals surface area contributed by atoms with Gasteiger partial charge in [0.2, 0.25) is 0 Å². The molecule has 4 aliphatic rings. The highest BCUT2D eigenvalue weighted by Crippen LogP contribution is 2.72. The van der Waals surface area contributed by atoms with Gasteiger partial charge in [-0.1, -0.05) is 45.8 Å². The van der Waals surface area contributed by atoms with Crippen LogP contribution < -0.4 is 0 Å². The number of methoxy groups -OCH3 is 2. The third-order valence-electron chi connectivity index (χ3n) is 12.1. The molecule has 2 fully saturated rings. The van der Waals surface area contributed by atoms with E-state index in [0.29, 0.717) is 12.3 Å². The first kappa shape index (κ1) is 27.1. The molecule has 2 saturated carbocycles. The van der Waals surface area contributed by atoms with Crippen molar-refractivity contribution in [2.45, 2.75) is 118 Å². The summed E-state index contributed by atoms with van der Waals surface area (Å²) >= 11 is 0. The average molecular weight is 491 g/mol. The minimum atomic E-state index is -0.634. The largest absolute Gasteiger partial charge is 0.481 e. The van der Waals surface area contributed by atoms with Crippen LogP contribution in [0.4, 0.5) is 0 Å². The van der Waals surface area contributed by atoms with E-state index in [2.05, 4.69) is 34.6 Å². The van der Waals surface area contributed by atoms with E-state index in [1.807, 2.05) is 0 Å². The molecule has 0 heterocycles. The predicted octanol–water partition coefficient (Wildman–Crippen LogP) is 6.59. The van der Waals surface area contributed by atoms with Gasteiger partial charge in [-0.05, 0) is 104 Å². The van der Waals surface area contributed by atoms with Crippen molar-refractivity contribution >= 4 is 5.97 Å². The number of allylic oxidation sites excluding steroid dienone is 2. The highest BCUT2D eigenvalue weighted by atomic mass is 16.7. The molecular formula is C30H50O5. The molecule has 5 heteroatoms. The smallest absolute Gasteiger partial charge is 0.306 e. The van der Waals surface area contributed by atoms with Gasteiger partial charge < -0.3 is 19.7 Å². The zero-order valence-corrected chi connectivity index (χ0v) is 23.3. The van der Waals surface area contributed by atoms with E-state index in [1.54, 1.807) is 25.4 Å². The molecule has 7 unspecified atom stereocenters. The maximum absolute atomic E-state index is 12.5. The first-order valence-corrected chi connectivity index (χ1v) is 14.1. The Hall–Kier alpha value is -0.910. The molecule has 0 amide bonds. The lowest BCUT2D eigenvalue weighted by Crippen LogP contribution is -2.55. The summed E-state index contributed by atoms with van der Waals surface area (Å²) in [5.41, 5.74) is 3.56. The van der Waals surface area contributed by atoms with Crippen LogP contribution in [0.2, 0.25) is 0 Å². The second-order valence-electron chi connectivity index (χ2n) is 13.5. The summed E-state index contributed by atoms with van der Waals surface area (Å²) in [7, 11) is 3.28. The molecule has 0 aromatic heterocycles. The molecule has 4 rings (SSSR count). The topological polar surface area (TPSA) is 76.0 Å². The second kappa shape index (κ2) is 9.44. The quantitative estimate of drug-likeness (QED) is 0.297. The fourth-order valence-electron chi connectivity index (χ4n) is 9.69. The number of rotatable bonds is 8. The second-order valence-corrected chi connectivity index (χ2v) is 13.5. The minimum Gasteiger partial charge on any atom is -0.481 e. The molecule has 0 aromatic rings. The zero-order valence-electron chi connectivity index (χ0n) is 23.3. The van der Waals surface area contributed by atoms with Crippen LogP contribution in [0.15, 0.2) is 11.1 Å².